The maximum Gasteiger partial charge on any atom is 0.244 e. The predicted molar refractivity (Wildman–Crippen MR) is 84.0 cm³/mol. The van der Waals surface area contributed by atoms with Crippen molar-refractivity contribution in [2.75, 3.05) is 5.32 Å². The van der Waals surface area contributed by atoms with E-state index in [1.54, 1.807) is 0 Å². The Morgan fingerprint density at radius 3 is 3.10 bits per heavy atom. The third-order valence-corrected chi connectivity index (χ3v) is 4.34. The SMILES string of the molecule is Cc1nc2ccc(NC(=O)C3(N)CCCC(C)C3)cc2[nH]1. The number of amides is 1. The summed E-state index contributed by atoms with van der Waals surface area (Å²) in [5, 5.41) is 2.96. The molecule has 0 spiro atoms. The molecule has 21 heavy (non-hydrogen) atoms. The topological polar surface area (TPSA) is 83.8 Å². The normalized spacial score (nSPS) is 26.0. The number of carbonyl (C=O) groups is 1. The molecule has 2 aromatic rings. The molecule has 1 fully saturated rings. The lowest BCUT2D eigenvalue weighted by Gasteiger charge is -2.35. The molecule has 5 heteroatoms. The fourth-order valence-electron chi connectivity index (χ4n) is 3.27. The van der Waals surface area contributed by atoms with Crippen LogP contribution in [0.25, 0.3) is 11.0 Å². The van der Waals surface area contributed by atoms with Crippen molar-refractivity contribution in [1.82, 2.24) is 9.97 Å². The number of nitrogens with zero attached hydrogens (tertiary/aromatic N) is 1. The number of carbonyl (C=O) groups excluding carboxylic acids is 1. The Kier molecular flexibility index (Phi) is 3.45. The van der Waals surface area contributed by atoms with Crippen molar-refractivity contribution >= 4 is 22.6 Å². The van der Waals surface area contributed by atoms with Gasteiger partial charge in [-0.2, -0.15) is 0 Å². The summed E-state index contributed by atoms with van der Waals surface area (Å²) in [5.74, 6) is 1.29. The van der Waals surface area contributed by atoms with Gasteiger partial charge in [-0.25, -0.2) is 4.98 Å². The number of benzene rings is 1. The average molecular weight is 286 g/mol. The van der Waals surface area contributed by atoms with Gasteiger partial charge in [0.05, 0.1) is 16.6 Å². The van der Waals surface area contributed by atoms with E-state index in [9.17, 15) is 4.79 Å². The largest absolute Gasteiger partial charge is 0.342 e. The Morgan fingerprint density at radius 1 is 1.52 bits per heavy atom. The van der Waals surface area contributed by atoms with Crippen molar-refractivity contribution in [2.45, 2.75) is 45.1 Å². The summed E-state index contributed by atoms with van der Waals surface area (Å²) < 4.78 is 0. The molecule has 1 aromatic heterocycles. The molecular formula is C16H22N4O. The van der Waals surface area contributed by atoms with Gasteiger partial charge in [0.25, 0.3) is 0 Å². The molecule has 5 nitrogen and oxygen atoms in total. The minimum atomic E-state index is -0.740. The van der Waals surface area contributed by atoms with Crippen molar-refractivity contribution in [1.29, 1.82) is 0 Å². The quantitative estimate of drug-likeness (QED) is 0.793. The van der Waals surface area contributed by atoms with Gasteiger partial charge in [-0.05, 0) is 43.9 Å². The van der Waals surface area contributed by atoms with E-state index in [1.807, 2.05) is 25.1 Å². The molecule has 1 amide bonds. The van der Waals surface area contributed by atoms with Gasteiger partial charge in [-0.15, -0.1) is 0 Å². The summed E-state index contributed by atoms with van der Waals surface area (Å²) in [4.78, 5) is 20.0. The van der Waals surface area contributed by atoms with Crippen LogP contribution in [0.1, 0.15) is 38.4 Å². The second-order valence-electron chi connectivity index (χ2n) is 6.37. The number of aromatic amines is 1. The van der Waals surface area contributed by atoms with Gasteiger partial charge < -0.3 is 16.0 Å². The predicted octanol–water partition coefficient (Wildman–Crippen LogP) is 2.72. The van der Waals surface area contributed by atoms with Crippen LogP contribution >= 0.6 is 0 Å². The highest BCUT2D eigenvalue weighted by molar-refractivity contribution is 5.99. The lowest BCUT2D eigenvalue weighted by Crippen LogP contribution is -2.53. The zero-order valence-corrected chi connectivity index (χ0v) is 12.6. The monoisotopic (exact) mass is 286 g/mol. The van der Waals surface area contributed by atoms with Crippen molar-refractivity contribution in [3.8, 4) is 0 Å². The van der Waals surface area contributed by atoms with Crippen LogP contribution in [-0.4, -0.2) is 21.4 Å². The summed E-state index contributed by atoms with van der Waals surface area (Å²) in [6.07, 6.45) is 3.69. The molecule has 1 aliphatic carbocycles. The number of nitrogens with two attached hydrogens (primary N) is 1. The average Bonchev–Trinajstić information content (AvgIpc) is 2.77. The Morgan fingerprint density at radius 2 is 2.33 bits per heavy atom. The van der Waals surface area contributed by atoms with E-state index in [1.165, 1.54) is 0 Å². The van der Waals surface area contributed by atoms with Gasteiger partial charge in [0, 0.05) is 5.69 Å². The van der Waals surface area contributed by atoms with E-state index < -0.39 is 5.54 Å². The summed E-state index contributed by atoms with van der Waals surface area (Å²) >= 11 is 0. The summed E-state index contributed by atoms with van der Waals surface area (Å²) in [7, 11) is 0. The summed E-state index contributed by atoms with van der Waals surface area (Å²) in [5.41, 5.74) is 8.18. The van der Waals surface area contributed by atoms with Crippen LogP contribution in [0.5, 0.6) is 0 Å². The third-order valence-electron chi connectivity index (χ3n) is 4.34. The minimum Gasteiger partial charge on any atom is -0.342 e. The minimum absolute atomic E-state index is 0.0790. The smallest absolute Gasteiger partial charge is 0.244 e. The fraction of sp³-hybridized carbons (Fsp3) is 0.500. The first-order chi connectivity index (χ1) is 9.96. The van der Waals surface area contributed by atoms with Crippen molar-refractivity contribution in [3.05, 3.63) is 24.0 Å². The van der Waals surface area contributed by atoms with Gasteiger partial charge in [-0.3, -0.25) is 4.79 Å². The zero-order chi connectivity index (χ0) is 15.0. The second kappa shape index (κ2) is 5.15. The van der Waals surface area contributed by atoms with Crippen LogP contribution in [0.4, 0.5) is 5.69 Å². The molecule has 112 valence electrons. The lowest BCUT2D eigenvalue weighted by molar-refractivity contribution is -0.122. The van der Waals surface area contributed by atoms with E-state index in [0.717, 1.165) is 48.2 Å². The number of anilines is 1. The molecule has 1 aromatic carbocycles. The van der Waals surface area contributed by atoms with Gasteiger partial charge in [0.15, 0.2) is 0 Å². The summed E-state index contributed by atoms with van der Waals surface area (Å²) in [6.45, 7) is 4.07. The molecule has 4 N–H and O–H groups in total. The van der Waals surface area contributed by atoms with Gasteiger partial charge >= 0.3 is 0 Å². The molecular weight excluding hydrogens is 264 g/mol. The number of aromatic nitrogens is 2. The number of H-pyrrole nitrogens is 1. The molecule has 2 atom stereocenters. The maximum atomic E-state index is 12.5. The number of aryl methyl sites for hydroxylation is 1. The molecule has 1 heterocycles. The fourth-order valence-corrected chi connectivity index (χ4v) is 3.27. The maximum absolute atomic E-state index is 12.5. The summed E-state index contributed by atoms with van der Waals surface area (Å²) in [6, 6.07) is 5.68. The lowest BCUT2D eigenvalue weighted by atomic mass is 9.76. The van der Waals surface area contributed by atoms with Gasteiger partial charge in [-0.1, -0.05) is 19.8 Å². The van der Waals surface area contributed by atoms with Crippen LogP contribution in [0.15, 0.2) is 18.2 Å². The van der Waals surface area contributed by atoms with Crippen LogP contribution in [-0.2, 0) is 4.79 Å². The van der Waals surface area contributed by atoms with Crippen LogP contribution in [0.2, 0.25) is 0 Å². The number of rotatable bonds is 2. The highest BCUT2D eigenvalue weighted by atomic mass is 16.2. The molecule has 0 saturated heterocycles. The van der Waals surface area contributed by atoms with E-state index in [-0.39, 0.29) is 5.91 Å². The molecule has 3 rings (SSSR count). The zero-order valence-electron chi connectivity index (χ0n) is 12.6. The van der Waals surface area contributed by atoms with E-state index in [0.29, 0.717) is 5.92 Å². The van der Waals surface area contributed by atoms with E-state index in [2.05, 4.69) is 22.2 Å². The molecule has 0 bridgehead atoms. The number of hydrogen-bond acceptors (Lipinski definition) is 3. The molecule has 2 unspecified atom stereocenters. The highest BCUT2D eigenvalue weighted by Gasteiger charge is 2.37. The molecule has 1 saturated carbocycles. The number of fused-ring (bicyclic) bond motifs is 1. The highest BCUT2D eigenvalue weighted by Crippen LogP contribution is 2.31. The Balaban J connectivity index is 1.79. The molecule has 1 aliphatic rings. The van der Waals surface area contributed by atoms with E-state index in [4.69, 9.17) is 5.73 Å². The standard InChI is InChI=1S/C16H22N4O/c1-10-4-3-7-16(17,9-10)15(21)20-12-5-6-13-14(8-12)19-11(2)18-13/h5-6,8,10H,3-4,7,9,17H2,1-2H3,(H,18,19)(H,20,21). The van der Waals surface area contributed by atoms with Gasteiger partial charge in [0.2, 0.25) is 5.91 Å². The number of hydrogen-bond donors (Lipinski definition) is 3. The molecule has 0 radical (unpaired) electrons. The number of imidazole rings is 1. The Hall–Kier alpha value is -1.88. The number of nitrogens with one attached hydrogen (secondary N) is 2. The first-order valence-electron chi connectivity index (χ1n) is 7.53. The molecule has 0 aliphatic heterocycles. The van der Waals surface area contributed by atoms with Crippen molar-refractivity contribution in [3.63, 3.8) is 0 Å². The third kappa shape index (κ3) is 2.78. The Bertz CT molecular complexity index is 678. The van der Waals surface area contributed by atoms with Gasteiger partial charge in [0.1, 0.15) is 5.82 Å². The Labute approximate surface area is 124 Å². The van der Waals surface area contributed by atoms with E-state index >= 15 is 0 Å². The van der Waals surface area contributed by atoms with Crippen molar-refractivity contribution in [2.24, 2.45) is 11.7 Å². The van der Waals surface area contributed by atoms with Crippen LogP contribution in [0, 0.1) is 12.8 Å². The first-order valence-corrected chi connectivity index (χ1v) is 7.53. The second-order valence-corrected chi connectivity index (χ2v) is 6.37. The van der Waals surface area contributed by atoms with Crippen LogP contribution < -0.4 is 11.1 Å². The van der Waals surface area contributed by atoms with Crippen molar-refractivity contribution < 1.29 is 4.79 Å². The first kappa shape index (κ1) is 14.1. The van der Waals surface area contributed by atoms with Crippen LogP contribution in [0.3, 0.4) is 0 Å².